The second kappa shape index (κ2) is 5.85. The third kappa shape index (κ3) is 2.87. The number of aromatic carboxylic acids is 1. The molecule has 1 aromatic rings. The molecule has 20 heavy (non-hydrogen) atoms. The van der Waals surface area contributed by atoms with Crippen LogP contribution in [0.4, 0.5) is 11.5 Å². The average molecular weight is 279 g/mol. The van der Waals surface area contributed by atoms with Crippen molar-refractivity contribution in [2.45, 2.75) is 38.6 Å². The topological polar surface area (TPSA) is 96.6 Å². The molecule has 0 spiro atoms. The molecule has 1 aromatic heterocycles. The summed E-state index contributed by atoms with van der Waals surface area (Å²) in [6.45, 7) is 2.73. The number of carboxylic acids is 1. The summed E-state index contributed by atoms with van der Waals surface area (Å²) in [5.41, 5.74) is -0.401. The van der Waals surface area contributed by atoms with Crippen LogP contribution in [0.2, 0.25) is 0 Å². The molecule has 2 heterocycles. The second-order valence-electron chi connectivity index (χ2n) is 5.02. The van der Waals surface area contributed by atoms with Gasteiger partial charge in [-0.3, -0.25) is 10.1 Å². The number of carbonyl (C=O) groups is 1. The normalized spacial score (nSPS) is 19.4. The minimum absolute atomic E-state index is 0.164. The van der Waals surface area contributed by atoms with Gasteiger partial charge in [0, 0.05) is 24.8 Å². The molecule has 1 aliphatic heterocycles. The van der Waals surface area contributed by atoms with Gasteiger partial charge in [0.1, 0.15) is 0 Å². The first-order valence-corrected chi connectivity index (χ1v) is 6.65. The first-order valence-electron chi connectivity index (χ1n) is 6.65. The second-order valence-corrected chi connectivity index (χ2v) is 5.02. The first-order chi connectivity index (χ1) is 9.50. The van der Waals surface area contributed by atoms with E-state index < -0.39 is 10.9 Å². The largest absolute Gasteiger partial charge is 0.478 e. The monoisotopic (exact) mass is 279 g/mol. The van der Waals surface area contributed by atoms with Crippen LogP contribution >= 0.6 is 0 Å². The summed E-state index contributed by atoms with van der Waals surface area (Å²) in [6, 6.07) is 1.25. The standard InChI is InChI=1S/C13H17N3O4/c1-9-5-3-2-4-6-15(9)12-11(16(19)20)7-10(8-14-12)13(17)18/h7-9H,2-6H2,1H3,(H,17,18). The van der Waals surface area contributed by atoms with Crippen LogP contribution in [0.1, 0.15) is 43.0 Å². The van der Waals surface area contributed by atoms with Crippen LogP contribution in [0.5, 0.6) is 0 Å². The molecular formula is C13H17N3O4. The van der Waals surface area contributed by atoms with E-state index in [9.17, 15) is 14.9 Å². The molecule has 1 aliphatic rings. The number of carboxylic acid groups (broad SMARTS) is 1. The van der Waals surface area contributed by atoms with Crippen LogP contribution in [0.3, 0.4) is 0 Å². The highest BCUT2D eigenvalue weighted by Crippen LogP contribution is 2.30. The molecule has 108 valence electrons. The SMILES string of the molecule is CC1CCCCCN1c1ncc(C(=O)O)cc1[N+](=O)[O-]. The Bertz CT molecular complexity index is 532. The van der Waals surface area contributed by atoms with Crippen molar-refractivity contribution < 1.29 is 14.8 Å². The minimum atomic E-state index is -1.21. The summed E-state index contributed by atoms with van der Waals surface area (Å²) in [5.74, 6) is -0.939. The number of anilines is 1. The molecule has 0 amide bonds. The number of nitro groups is 1. The zero-order valence-corrected chi connectivity index (χ0v) is 11.3. The van der Waals surface area contributed by atoms with E-state index in [0.717, 1.165) is 31.7 Å². The van der Waals surface area contributed by atoms with Gasteiger partial charge >= 0.3 is 11.7 Å². The fourth-order valence-corrected chi connectivity index (χ4v) is 2.51. The van der Waals surface area contributed by atoms with Crippen LogP contribution in [-0.2, 0) is 0 Å². The van der Waals surface area contributed by atoms with E-state index in [-0.39, 0.29) is 23.1 Å². The quantitative estimate of drug-likeness (QED) is 0.674. The van der Waals surface area contributed by atoms with E-state index in [2.05, 4.69) is 4.98 Å². The molecule has 0 aromatic carbocycles. The Labute approximate surface area is 116 Å². The Hall–Kier alpha value is -2.18. The van der Waals surface area contributed by atoms with Crippen LogP contribution in [0.15, 0.2) is 12.3 Å². The fraction of sp³-hybridized carbons (Fsp3) is 0.538. The Morgan fingerprint density at radius 1 is 1.50 bits per heavy atom. The van der Waals surface area contributed by atoms with E-state index >= 15 is 0 Å². The van der Waals surface area contributed by atoms with Gasteiger partial charge in [0.2, 0.25) is 5.82 Å². The molecule has 0 radical (unpaired) electrons. The highest BCUT2D eigenvalue weighted by Gasteiger charge is 2.27. The molecule has 2 rings (SSSR count). The van der Waals surface area contributed by atoms with Gasteiger partial charge in [-0.2, -0.15) is 0 Å². The summed E-state index contributed by atoms with van der Waals surface area (Å²) < 4.78 is 0. The van der Waals surface area contributed by atoms with E-state index in [1.807, 2.05) is 11.8 Å². The number of nitrogens with zero attached hydrogens (tertiary/aromatic N) is 3. The number of hydrogen-bond donors (Lipinski definition) is 1. The maximum Gasteiger partial charge on any atom is 0.337 e. The molecule has 1 N–H and O–H groups in total. The van der Waals surface area contributed by atoms with Gasteiger partial charge in [0.05, 0.1) is 10.5 Å². The Balaban J connectivity index is 2.43. The number of pyridine rings is 1. The molecule has 0 bridgehead atoms. The van der Waals surface area contributed by atoms with Crippen molar-refractivity contribution in [3.8, 4) is 0 Å². The molecule has 7 heteroatoms. The van der Waals surface area contributed by atoms with Crippen LogP contribution in [0.25, 0.3) is 0 Å². The molecule has 0 saturated carbocycles. The van der Waals surface area contributed by atoms with Crippen LogP contribution in [-0.4, -0.2) is 33.6 Å². The van der Waals surface area contributed by atoms with Crippen molar-refractivity contribution >= 4 is 17.5 Å². The van der Waals surface area contributed by atoms with Crippen molar-refractivity contribution in [1.82, 2.24) is 4.98 Å². The number of hydrogen-bond acceptors (Lipinski definition) is 5. The number of rotatable bonds is 3. The molecule has 1 unspecified atom stereocenters. The predicted octanol–water partition coefficient (Wildman–Crippen LogP) is 2.46. The fourth-order valence-electron chi connectivity index (χ4n) is 2.51. The maximum absolute atomic E-state index is 11.2. The summed E-state index contributed by atoms with van der Waals surface area (Å²) in [5, 5.41) is 20.1. The van der Waals surface area contributed by atoms with Crippen LogP contribution < -0.4 is 4.90 Å². The lowest BCUT2D eigenvalue weighted by molar-refractivity contribution is -0.384. The third-order valence-electron chi connectivity index (χ3n) is 3.62. The van der Waals surface area contributed by atoms with Gasteiger partial charge in [-0.1, -0.05) is 12.8 Å². The Morgan fingerprint density at radius 3 is 2.90 bits per heavy atom. The van der Waals surface area contributed by atoms with Gasteiger partial charge < -0.3 is 10.0 Å². The summed E-state index contributed by atoms with van der Waals surface area (Å²) in [6.07, 6.45) is 5.30. The highest BCUT2D eigenvalue weighted by atomic mass is 16.6. The van der Waals surface area contributed by atoms with Gasteiger partial charge in [0.25, 0.3) is 0 Å². The number of aromatic nitrogens is 1. The molecule has 1 fully saturated rings. The highest BCUT2D eigenvalue weighted by molar-refractivity contribution is 5.88. The average Bonchev–Trinajstić information content (AvgIpc) is 2.62. The third-order valence-corrected chi connectivity index (χ3v) is 3.62. The molecule has 7 nitrogen and oxygen atoms in total. The van der Waals surface area contributed by atoms with E-state index in [0.29, 0.717) is 6.54 Å². The van der Waals surface area contributed by atoms with Crippen molar-refractivity contribution in [2.24, 2.45) is 0 Å². The van der Waals surface area contributed by atoms with E-state index in [1.54, 1.807) is 0 Å². The van der Waals surface area contributed by atoms with Gasteiger partial charge in [-0.15, -0.1) is 0 Å². The Morgan fingerprint density at radius 2 is 2.25 bits per heavy atom. The zero-order valence-electron chi connectivity index (χ0n) is 11.3. The van der Waals surface area contributed by atoms with E-state index in [1.165, 1.54) is 6.20 Å². The van der Waals surface area contributed by atoms with Crippen molar-refractivity contribution in [3.05, 3.63) is 27.9 Å². The first kappa shape index (κ1) is 14.2. The Kier molecular flexibility index (Phi) is 4.16. The van der Waals surface area contributed by atoms with Crippen molar-refractivity contribution in [2.75, 3.05) is 11.4 Å². The van der Waals surface area contributed by atoms with E-state index in [4.69, 9.17) is 5.11 Å². The molecular weight excluding hydrogens is 262 g/mol. The van der Waals surface area contributed by atoms with Gasteiger partial charge in [0.15, 0.2) is 0 Å². The summed E-state index contributed by atoms with van der Waals surface area (Å²) >= 11 is 0. The van der Waals surface area contributed by atoms with Crippen LogP contribution in [0, 0.1) is 10.1 Å². The molecule has 1 atom stereocenters. The zero-order chi connectivity index (χ0) is 14.7. The lowest BCUT2D eigenvalue weighted by Crippen LogP contribution is -2.33. The summed E-state index contributed by atoms with van der Waals surface area (Å²) in [7, 11) is 0. The van der Waals surface area contributed by atoms with Crippen molar-refractivity contribution in [3.63, 3.8) is 0 Å². The maximum atomic E-state index is 11.2. The minimum Gasteiger partial charge on any atom is -0.478 e. The summed E-state index contributed by atoms with van der Waals surface area (Å²) in [4.78, 5) is 27.5. The van der Waals surface area contributed by atoms with Gasteiger partial charge in [-0.25, -0.2) is 9.78 Å². The lowest BCUT2D eigenvalue weighted by Gasteiger charge is -2.27. The predicted molar refractivity (Wildman–Crippen MR) is 73.1 cm³/mol. The van der Waals surface area contributed by atoms with Gasteiger partial charge in [-0.05, 0) is 19.8 Å². The van der Waals surface area contributed by atoms with Crippen molar-refractivity contribution in [1.29, 1.82) is 0 Å². The molecule has 0 aliphatic carbocycles. The molecule has 1 saturated heterocycles. The smallest absolute Gasteiger partial charge is 0.337 e. The lowest BCUT2D eigenvalue weighted by atomic mass is 10.1.